The first-order valence-corrected chi connectivity index (χ1v) is 10.2. The molecule has 2 atom stereocenters. The zero-order chi connectivity index (χ0) is 20.3. The molecule has 6 nitrogen and oxygen atoms in total. The number of aryl methyl sites for hydroxylation is 1. The van der Waals surface area contributed by atoms with Gasteiger partial charge in [0, 0.05) is 0 Å². The van der Waals surface area contributed by atoms with Crippen molar-refractivity contribution in [3.63, 3.8) is 0 Å². The van der Waals surface area contributed by atoms with Crippen LogP contribution in [0.5, 0.6) is 5.75 Å². The number of benzene rings is 1. The Morgan fingerprint density at radius 3 is 2.39 bits per heavy atom. The molecule has 1 saturated carbocycles. The zero-order valence-corrected chi connectivity index (χ0v) is 17.4. The lowest BCUT2D eigenvalue weighted by atomic mass is 9.75. The van der Waals surface area contributed by atoms with Gasteiger partial charge in [-0.15, -0.1) is 0 Å². The first kappa shape index (κ1) is 19.7. The lowest BCUT2D eigenvalue weighted by molar-refractivity contribution is -0.0124. The first-order chi connectivity index (χ1) is 13.1. The molecule has 2 heterocycles. The van der Waals surface area contributed by atoms with Gasteiger partial charge in [-0.25, -0.2) is 0 Å². The Morgan fingerprint density at radius 2 is 1.75 bits per heavy atom. The van der Waals surface area contributed by atoms with Crippen molar-refractivity contribution < 1.29 is 23.9 Å². The first-order valence-electron chi connectivity index (χ1n) is 10.2. The minimum atomic E-state index is -0.529. The molecule has 2 aliphatic heterocycles. The summed E-state index contributed by atoms with van der Waals surface area (Å²) in [6, 6.07) is 3.55. The average molecular weight is 387 g/mol. The van der Waals surface area contributed by atoms with Crippen LogP contribution in [0.25, 0.3) is 0 Å². The van der Waals surface area contributed by atoms with Crippen LogP contribution in [-0.2, 0) is 9.31 Å². The van der Waals surface area contributed by atoms with E-state index >= 15 is 0 Å². The van der Waals surface area contributed by atoms with Crippen molar-refractivity contribution in [1.29, 1.82) is 0 Å². The van der Waals surface area contributed by atoms with E-state index in [1.807, 2.05) is 46.8 Å². The van der Waals surface area contributed by atoms with E-state index in [4.69, 9.17) is 14.0 Å². The van der Waals surface area contributed by atoms with E-state index in [2.05, 4.69) is 0 Å². The Balaban J connectivity index is 1.65. The summed E-state index contributed by atoms with van der Waals surface area (Å²) in [6.07, 6.45) is 3.07. The molecular weight excluding hydrogens is 357 g/mol. The number of ether oxygens (including phenoxy) is 1. The second-order valence-corrected chi connectivity index (χ2v) is 9.26. The molecule has 152 valence electrons. The predicted molar refractivity (Wildman–Crippen MR) is 107 cm³/mol. The van der Waals surface area contributed by atoms with Crippen LogP contribution in [0.2, 0.25) is 0 Å². The highest BCUT2D eigenvalue weighted by Gasteiger charge is 2.52. The lowest BCUT2D eigenvalue weighted by Crippen LogP contribution is -2.52. The quantitative estimate of drug-likeness (QED) is 0.790. The third-order valence-electron chi connectivity index (χ3n) is 6.82. The van der Waals surface area contributed by atoms with Gasteiger partial charge >= 0.3 is 7.12 Å². The van der Waals surface area contributed by atoms with Crippen LogP contribution in [0.15, 0.2) is 12.1 Å². The monoisotopic (exact) mass is 387 g/mol. The Hall–Kier alpha value is -1.57. The largest absolute Gasteiger partial charge is 0.495 e. The Morgan fingerprint density at radius 1 is 1.11 bits per heavy atom. The molecule has 3 aliphatic rings. The van der Waals surface area contributed by atoms with Crippen molar-refractivity contribution in [1.82, 2.24) is 4.90 Å². The lowest BCUT2D eigenvalue weighted by Gasteiger charge is -2.39. The molecule has 1 aromatic carbocycles. The van der Waals surface area contributed by atoms with Crippen LogP contribution < -0.4 is 10.2 Å². The molecule has 1 N–H and O–H groups in total. The van der Waals surface area contributed by atoms with Crippen LogP contribution in [0.4, 0.5) is 0 Å². The van der Waals surface area contributed by atoms with Crippen molar-refractivity contribution >= 4 is 18.5 Å². The van der Waals surface area contributed by atoms with Crippen molar-refractivity contribution in [3.8, 4) is 5.75 Å². The van der Waals surface area contributed by atoms with Crippen LogP contribution in [-0.4, -0.2) is 53.1 Å². The number of fused-ring (bicyclic) bond motifs is 1. The van der Waals surface area contributed by atoms with Crippen molar-refractivity contribution in [2.75, 3.05) is 6.73 Å². The molecule has 0 spiro atoms. The molecule has 1 amide bonds. The van der Waals surface area contributed by atoms with E-state index in [0.29, 0.717) is 11.3 Å². The Kier molecular flexibility index (Phi) is 4.76. The molecule has 4 rings (SSSR count). The number of carbonyl (C=O) groups is 1. The second kappa shape index (κ2) is 6.75. The van der Waals surface area contributed by atoms with E-state index in [0.717, 1.165) is 36.7 Å². The summed E-state index contributed by atoms with van der Waals surface area (Å²) in [5.74, 6) is 0.495. The summed E-state index contributed by atoms with van der Waals surface area (Å²) in [5.41, 5.74) is 1.44. The van der Waals surface area contributed by atoms with Gasteiger partial charge in [-0.2, -0.15) is 0 Å². The predicted octanol–water partition coefficient (Wildman–Crippen LogP) is 2.39. The molecule has 0 unspecified atom stereocenters. The van der Waals surface area contributed by atoms with E-state index in [1.54, 1.807) is 4.90 Å². The highest BCUT2D eigenvalue weighted by molar-refractivity contribution is 6.62. The third kappa shape index (κ3) is 3.13. The Bertz CT molecular complexity index is 777. The molecule has 1 saturated heterocycles. The zero-order valence-electron chi connectivity index (χ0n) is 17.4. The molecule has 2 fully saturated rings. The van der Waals surface area contributed by atoms with Gasteiger partial charge in [0.2, 0.25) is 0 Å². The summed E-state index contributed by atoms with van der Waals surface area (Å²) in [5, 5.41) is 10.4. The van der Waals surface area contributed by atoms with Gasteiger partial charge in [0.15, 0.2) is 6.73 Å². The molecule has 0 radical (unpaired) electrons. The van der Waals surface area contributed by atoms with Crippen LogP contribution in [0.3, 0.4) is 0 Å². The molecule has 28 heavy (non-hydrogen) atoms. The van der Waals surface area contributed by atoms with E-state index in [9.17, 15) is 9.90 Å². The second-order valence-electron chi connectivity index (χ2n) is 9.26. The molecule has 1 aromatic rings. The summed E-state index contributed by atoms with van der Waals surface area (Å²) < 4.78 is 18.3. The van der Waals surface area contributed by atoms with Gasteiger partial charge in [-0.3, -0.25) is 9.69 Å². The summed E-state index contributed by atoms with van der Waals surface area (Å²) in [6.45, 7) is 10.2. The molecule has 0 bridgehead atoms. The number of carbonyl (C=O) groups excluding carboxylic acids is 1. The number of hydrogen-bond donors (Lipinski definition) is 1. The third-order valence-corrected chi connectivity index (χ3v) is 6.82. The van der Waals surface area contributed by atoms with Gasteiger partial charge in [-0.1, -0.05) is 12.8 Å². The average Bonchev–Trinajstić information content (AvgIpc) is 2.83. The van der Waals surface area contributed by atoms with Gasteiger partial charge in [0.1, 0.15) is 5.75 Å². The fraction of sp³-hybridized carbons (Fsp3) is 0.667. The van der Waals surface area contributed by atoms with Gasteiger partial charge in [0.25, 0.3) is 5.91 Å². The van der Waals surface area contributed by atoms with Crippen molar-refractivity contribution in [3.05, 3.63) is 23.3 Å². The number of amides is 1. The highest BCUT2D eigenvalue weighted by atomic mass is 16.7. The van der Waals surface area contributed by atoms with Crippen molar-refractivity contribution in [2.24, 2.45) is 0 Å². The smallest absolute Gasteiger partial charge is 0.472 e. The number of nitrogens with zero attached hydrogens (tertiary/aromatic N) is 1. The molecule has 1 aliphatic carbocycles. The maximum atomic E-state index is 13.2. The van der Waals surface area contributed by atoms with Crippen molar-refractivity contribution in [2.45, 2.75) is 83.6 Å². The number of aliphatic hydroxyl groups excluding tert-OH is 1. The van der Waals surface area contributed by atoms with Crippen LogP contribution in [0.1, 0.15) is 69.3 Å². The Labute approximate surface area is 167 Å². The van der Waals surface area contributed by atoms with Crippen LogP contribution in [0, 0.1) is 6.92 Å². The standard InChI is InChI=1S/C21H30BNO5/c1-13-10-18-14(11-15(13)22-27-20(2,3)21(4,5)28-22)19(25)23(12-26-18)16-8-6-7-9-17(16)24/h10-11,16-17,24H,6-9,12H2,1-5H3/t16-,17-/m0/s1. The molecule has 0 aromatic heterocycles. The molecular formula is C21H30BNO5. The molecule has 7 heteroatoms. The van der Waals surface area contributed by atoms with Gasteiger partial charge < -0.3 is 19.2 Å². The number of rotatable bonds is 2. The highest BCUT2D eigenvalue weighted by Crippen LogP contribution is 2.38. The minimum absolute atomic E-state index is 0.0926. The van der Waals surface area contributed by atoms with Gasteiger partial charge in [-0.05, 0) is 70.6 Å². The minimum Gasteiger partial charge on any atom is -0.472 e. The summed E-state index contributed by atoms with van der Waals surface area (Å²) in [4.78, 5) is 14.9. The van der Waals surface area contributed by atoms with Crippen LogP contribution >= 0.6 is 0 Å². The van der Waals surface area contributed by atoms with E-state index < -0.39 is 24.4 Å². The summed E-state index contributed by atoms with van der Waals surface area (Å²) >= 11 is 0. The fourth-order valence-electron chi connectivity index (χ4n) is 4.26. The van der Waals surface area contributed by atoms with E-state index in [-0.39, 0.29) is 18.7 Å². The fourth-order valence-corrected chi connectivity index (χ4v) is 4.26. The number of hydrogen-bond acceptors (Lipinski definition) is 5. The maximum Gasteiger partial charge on any atom is 0.495 e. The maximum absolute atomic E-state index is 13.2. The number of aliphatic hydroxyl groups is 1. The topological polar surface area (TPSA) is 68.2 Å². The van der Waals surface area contributed by atoms with Gasteiger partial charge in [0.05, 0.1) is 28.9 Å². The normalized spacial score (nSPS) is 28.9. The van der Waals surface area contributed by atoms with E-state index in [1.165, 1.54) is 0 Å². The SMILES string of the molecule is Cc1cc2c(cc1B1OC(C)(C)C(C)(C)O1)C(=O)N([C@H]1CCCC[C@@H]1O)CO2. The summed E-state index contributed by atoms with van der Waals surface area (Å²) in [7, 11) is -0.529.